The third kappa shape index (κ3) is 3.34. The Morgan fingerprint density at radius 2 is 1.62 bits per heavy atom. The predicted octanol–water partition coefficient (Wildman–Crippen LogP) is 3.31. The van der Waals surface area contributed by atoms with E-state index < -0.39 is 10.0 Å². The van der Waals surface area contributed by atoms with Crippen LogP contribution in [0, 0.1) is 0 Å². The number of sulfonamides is 1. The number of aromatic nitrogens is 3. The summed E-state index contributed by atoms with van der Waals surface area (Å²) < 4.78 is 28.4. The van der Waals surface area contributed by atoms with Crippen LogP contribution >= 0.6 is 0 Å². The topological polar surface area (TPSA) is 94.2 Å². The first-order valence-electron chi connectivity index (χ1n) is 13.2. The molecule has 8 nitrogen and oxygen atoms in total. The van der Waals surface area contributed by atoms with Crippen molar-refractivity contribution in [3.8, 4) is 0 Å². The number of likely N-dealkylation sites (tertiary alicyclic amines) is 1. The van der Waals surface area contributed by atoms with Gasteiger partial charge in [0, 0.05) is 30.4 Å². The summed E-state index contributed by atoms with van der Waals surface area (Å²) in [6.07, 6.45) is 13.7. The maximum atomic E-state index is 13.4. The van der Waals surface area contributed by atoms with Crippen LogP contribution in [0.2, 0.25) is 0 Å². The fourth-order valence-corrected chi connectivity index (χ4v) is 8.50. The highest BCUT2D eigenvalue weighted by atomic mass is 32.2. The first-order chi connectivity index (χ1) is 16.5. The second-order valence-corrected chi connectivity index (χ2v) is 12.8. The van der Waals surface area contributed by atoms with Crippen molar-refractivity contribution in [3.63, 3.8) is 0 Å². The van der Waals surface area contributed by atoms with E-state index in [2.05, 4.69) is 31.5 Å². The van der Waals surface area contributed by atoms with Gasteiger partial charge >= 0.3 is 0 Å². The summed E-state index contributed by atoms with van der Waals surface area (Å²) in [6.45, 7) is 2.31. The minimum Gasteiger partial charge on any atom is -0.324 e. The Hall–Kier alpha value is -1.97. The number of nitrogens with one attached hydrogen (secondary N) is 2. The van der Waals surface area contributed by atoms with E-state index in [1.54, 1.807) is 4.31 Å². The normalized spacial score (nSPS) is 24.6. The van der Waals surface area contributed by atoms with Gasteiger partial charge in [-0.1, -0.05) is 6.07 Å². The second kappa shape index (κ2) is 7.77. The van der Waals surface area contributed by atoms with Crippen LogP contribution in [0.4, 0.5) is 11.6 Å². The molecule has 5 aliphatic rings. The van der Waals surface area contributed by atoms with Crippen molar-refractivity contribution >= 4 is 21.7 Å². The molecule has 3 aliphatic carbocycles. The Labute approximate surface area is 201 Å². The number of hydrogen-bond donors (Lipinski definition) is 2. The molecule has 1 aromatic carbocycles. The van der Waals surface area contributed by atoms with Crippen molar-refractivity contribution in [2.24, 2.45) is 0 Å². The van der Waals surface area contributed by atoms with Gasteiger partial charge in [0.1, 0.15) is 0 Å². The second-order valence-electron chi connectivity index (χ2n) is 11.0. The van der Waals surface area contributed by atoms with Crippen molar-refractivity contribution < 1.29 is 8.42 Å². The molecular weight excluding hydrogens is 448 g/mol. The van der Waals surface area contributed by atoms with Crippen LogP contribution in [0.1, 0.15) is 73.6 Å². The van der Waals surface area contributed by atoms with Gasteiger partial charge in [-0.3, -0.25) is 9.88 Å². The number of aryl methyl sites for hydroxylation is 2. The van der Waals surface area contributed by atoms with E-state index >= 15 is 0 Å². The third-order valence-electron chi connectivity index (χ3n) is 9.06. The predicted molar refractivity (Wildman–Crippen MR) is 130 cm³/mol. The Morgan fingerprint density at radius 3 is 2.29 bits per heavy atom. The average molecular weight is 483 g/mol. The number of nitrogens with zero attached hydrogens (tertiary/aromatic N) is 4. The number of rotatable bonds is 5. The van der Waals surface area contributed by atoms with Crippen molar-refractivity contribution in [1.29, 1.82) is 0 Å². The first-order valence-corrected chi connectivity index (χ1v) is 14.6. The van der Waals surface area contributed by atoms with Crippen LogP contribution in [0.25, 0.3) is 0 Å². The molecule has 182 valence electrons. The molecule has 34 heavy (non-hydrogen) atoms. The largest absolute Gasteiger partial charge is 0.324 e. The van der Waals surface area contributed by atoms with Gasteiger partial charge in [-0.15, -0.1) is 10.2 Å². The summed E-state index contributed by atoms with van der Waals surface area (Å²) in [5.41, 5.74) is 6.98. The summed E-state index contributed by atoms with van der Waals surface area (Å²) in [5.74, 6) is 0.428. The molecule has 0 radical (unpaired) electrons. The molecule has 0 unspecified atom stereocenters. The molecule has 1 aromatic heterocycles. The summed E-state index contributed by atoms with van der Waals surface area (Å²) in [7, 11) is -3.68. The van der Waals surface area contributed by atoms with Gasteiger partial charge in [0.25, 0.3) is 15.2 Å². The van der Waals surface area contributed by atoms with E-state index in [0.29, 0.717) is 19.0 Å². The molecule has 7 rings (SSSR count). The highest BCUT2D eigenvalue weighted by Crippen LogP contribution is 2.45. The van der Waals surface area contributed by atoms with Gasteiger partial charge in [0.2, 0.25) is 5.95 Å². The van der Waals surface area contributed by atoms with E-state index in [1.807, 2.05) is 0 Å². The van der Waals surface area contributed by atoms with E-state index in [9.17, 15) is 8.42 Å². The van der Waals surface area contributed by atoms with Gasteiger partial charge in [0.05, 0.1) is 0 Å². The smallest absolute Gasteiger partial charge is 0.278 e. The number of piperidine rings is 1. The van der Waals surface area contributed by atoms with Gasteiger partial charge in [0.15, 0.2) is 0 Å². The Bertz CT molecular complexity index is 1190. The molecule has 1 spiro atoms. The third-order valence-corrected chi connectivity index (χ3v) is 10.8. The zero-order chi connectivity index (χ0) is 22.9. The summed E-state index contributed by atoms with van der Waals surface area (Å²) in [6, 6.07) is 3.14. The maximum Gasteiger partial charge on any atom is 0.278 e. The molecule has 2 aromatic rings. The van der Waals surface area contributed by atoms with E-state index in [0.717, 1.165) is 50.3 Å². The molecule has 2 N–H and O–H groups in total. The highest BCUT2D eigenvalue weighted by molar-refractivity contribution is 7.88. The van der Waals surface area contributed by atoms with Gasteiger partial charge in [-0.25, -0.2) is 8.42 Å². The molecule has 3 fully saturated rings. The van der Waals surface area contributed by atoms with E-state index in [4.69, 9.17) is 0 Å². The molecule has 2 saturated heterocycles. The quantitative estimate of drug-likeness (QED) is 0.679. The molecule has 3 heterocycles. The van der Waals surface area contributed by atoms with Crippen LogP contribution in [-0.2, 0) is 35.7 Å². The molecule has 0 amide bonds. The van der Waals surface area contributed by atoms with Crippen molar-refractivity contribution in [2.75, 3.05) is 25.0 Å². The number of H-pyrrole nitrogens is 1. The summed E-state index contributed by atoms with van der Waals surface area (Å²) in [4.78, 5) is 5.70. The minimum atomic E-state index is -3.68. The molecular formula is C25H34N6O2S. The van der Waals surface area contributed by atoms with Crippen molar-refractivity contribution in [2.45, 2.75) is 93.8 Å². The van der Waals surface area contributed by atoms with E-state index in [-0.39, 0.29) is 10.7 Å². The van der Waals surface area contributed by atoms with Gasteiger partial charge in [-0.2, -0.15) is 4.31 Å². The molecule has 0 atom stereocenters. The Kier molecular flexibility index (Phi) is 4.87. The van der Waals surface area contributed by atoms with Crippen LogP contribution < -0.4 is 5.32 Å². The molecule has 9 heteroatoms. The number of hydrogen-bond acceptors (Lipinski definition) is 6. The van der Waals surface area contributed by atoms with Crippen LogP contribution in [0.15, 0.2) is 11.2 Å². The monoisotopic (exact) mass is 482 g/mol. The lowest BCUT2D eigenvalue weighted by molar-refractivity contribution is 0.0715. The average Bonchev–Trinajstić information content (AvgIpc) is 3.27. The fraction of sp³-hybridized carbons (Fsp3) is 0.680. The maximum absolute atomic E-state index is 13.4. The summed E-state index contributed by atoms with van der Waals surface area (Å²) in [5, 5.41) is 11.7. The Morgan fingerprint density at radius 1 is 0.912 bits per heavy atom. The summed E-state index contributed by atoms with van der Waals surface area (Å²) >= 11 is 0. The molecule has 2 aliphatic heterocycles. The number of benzene rings is 1. The number of aromatic amines is 1. The standard InChI is InChI=1S/C25H34N6O2S/c32-34(33,30-14-11-25(12-15-30)10-3-13-31(25)19-8-9-19)24-27-23(28-29-24)26-22-20-6-1-4-17(20)16-18-5-2-7-21(18)22/h16,19H,1-15H2,(H2,26,27,28,29). The molecule has 0 bridgehead atoms. The minimum absolute atomic E-state index is 0.0411. The SMILES string of the molecule is O=S(=O)(c1nnc(Nc2c3c(cc4c2CCC4)CCC3)[nH]1)N1CCC2(CCCN2C2CC2)CC1. The fourth-order valence-electron chi connectivity index (χ4n) is 7.22. The van der Waals surface area contributed by atoms with Gasteiger partial charge in [-0.05, 0) is 106 Å². The zero-order valence-electron chi connectivity index (χ0n) is 19.8. The van der Waals surface area contributed by atoms with Crippen LogP contribution in [0.3, 0.4) is 0 Å². The van der Waals surface area contributed by atoms with Crippen LogP contribution in [0.5, 0.6) is 0 Å². The molecule has 1 saturated carbocycles. The Balaban J connectivity index is 1.10. The first kappa shape index (κ1) is 21.3. The lowest BCUT2D eigenvalue weighted by Gasteiger charge is -2.44. The van der Waals surface area contributed by atoms with Crippen LogP contribution in [-0.4, -0.2) is 64.0 Å². The number of anilines is 2. The van der Waals surface area contributed by atoms with Crippen molar-refractivity contribution in [1.82, 2.24) is 24.4 Å². The number of fused-ring (bicyclic) bond motifs is 2. The lowest BCUT2D eigenvalue weighted by Crippen LogP contribution is -2.53. The highest BCUT2D eigenvalue weighted by Gasteiger charge is 2.49. The zero-order valence-corrected chi connectivity index (χ0v) is 20.6. The van der Waals surface area contributed by atoms with Crippen molar-refractivity contribution in [3.05, 3.63) is 28.3 Å². The van der Waals surface area contributed by atoms with Gasteiger partial charge < -0.3 is 5.32 Å². The van der Waals surface area contributed by atoms with E-state index in [1.165, 1.54) is 67.3 Å². The lowest BCUT2D eigenvalue weighted by atomic mass is 9.85.